The average Bonchev–Trinajstić information content (AvgIpc) is 2.50. The molecule has 21 heavy (non-hydrogen) atoms. The minimum absolute atomic E-state index is 0.410. The van der Waals surface area contributed by atoms with Crippen LogP contribution in [-0.4, -0.2) is 6.04 Å². The van der Waals surface area contributed by atoms with Crippen molar-refractivity contribution in [2.24, 2.45) is 5.84 Å². The molecule has 1 aromatic rings. The van der Waals surface area contributed by atoms with E-state index in [0.29, 0.717) is 6.04 Å². The fraction of sp³-hybridized carbons (Fsp3) is 0.684. The van der Waals surface area contributed by atoms with E-state index in [1.807, 2.05) is 0 Å². The van der Waals surface area contributed by atoms with Crippen LogP contribution >= 0.6 is 0 Å². The van der Waals surface area contributed by atoms with E-state index in [1.54, 1.807) is 0 Å². The lowest BCUT2D eigenvalue weighted by Crippen LogP contribution is -2.36. The Labute approximate surface area is 131 Å². The third-order valence-electron chi connectivity index (χ3n) is 4.24. The van der Waals surface area contributed by atoms with E-state index in [2.05, 4.69) is 43.5 Å². The van der Waals surface area contributed by atoms with E-state index >= 15 is 0 Å². The molecule has 0 saturated carbocycles. The van der Waals surface area contributed by atoms with Gasteiger partial charge in [0.25, 0.3) is 0 Å². The molecule has 1 aromatic carbocycles. The van der Waals surface area contributed by atoms with Crippen molar-refractivity contribution < 1.29 is 0 Å². The van der Waals surface area contributed by atoms with Crippen molar-refractivity contribution in [1.82, 2.24) is 5.43 Å². The highest BCUT2D eigenvalue weighted by atomic mass is 15.2. The maximum atomic E-state index is 5.70. The second-order valence-corrected chi connectivity index (χ2v) is 6.32. The number of unbranched alkanes of at least 4 members (excludes halogenated alkanes) is 7. The van der Waals surface area contributed by atoms with Crippen molar-refractivity contribution in [3.63, 3.8) is 0 Å². The fourth-order valence-corrected chi connectivity index (χ4v) is 2.78. The summed E-state index contributed by atoms with van der Waals surface area (Å²) < 4.78 is 0. The lowest BCUT2D eigenvalue weighted by molar-refractivity contribution is 0.458. The first-order valence-corrected chi connectivity index (χ1v) is 8.78. The number of rotatable bonds is 12. The van der Waals surface area contributed by atoms with Crippen LogP contribution in [0.3, 0.4) is 0 Å². The SMILES string of the molecule is CCCCCCCCCCC(Cc1ccc(C)cc1)NN. The first-order valence-electron chi connectivity index (χ1n) is 8.78. The predicted molar refractivity (Wildman–Crippen MR) is 93.2 cm³/mol. The molecule has 0 heterocycles. The molecule has 0 aliphatic heterocycles. The summed E-state index contributed by atoms with van der Waals surface area (Å²) in [7, 11) is 0. The molecule has 0 aromatic heterocycles. The molecule has 0 amide bonds. The third kappa shape index (κ3) is 8.90. The number of aryl methyl sites for hydroxylation is 1. The number of nitrogens with two attached hydrogens (primary N) is 1. The Morgan fingerprint density at radius 1 is 0.905 bits per heavy atom. The molecule has 1 atom stereocenters. The van der Waals surface area contributed by atoms with Crippen LogP contribution in [0, 0.1) is 6.92 Å². The quantitative estimate of drug-likeness (QED) is 0.326. The maximum absolute atomic E-state index is 5.70. The molecule has 3 N–H and O–H groups in total. The highest BCUT2D eigenvalue weighted by molar-refractivity contribution is 5.22. The summed E-state index contributed by atoms with van der Waals surface area (Å²) in [6.07, 6.45) is 13.2. The minimum Gasteiger partial charge on any atom is -0.271 e. The second kappa shape index (κ2) is 11.8. The summed E-state index contributed by atoms with van der Waals surface area (Å²) in [5.74, 6) is 5.70. The summed E-state index contributed by atoms with van der Waals surface area (Å²) in [6, 6.07) is 9.20. The molecule has 0 spiro atoms. The van der Waals surface area contributed by atoms with E-state index in [9.17, 15) is 0 Å². The van der Waals surface area contributed by atoms with Crippen molar-refractivity contribution in [2.75, 3.05) is 0 Å². The van der Waals surface area contributed by atoms with E-state index in [-0.39, 0.29) is 0 Å². The molecular formula is C19H34N2. The second-order valence-electron chi connectivity index (χ2n) is 6.32. The molecular weight excluding hydrogens is 256 g/mol. The lowest BCUT2D eigenvalue weighted by Gasteiger charge is -2.16. The van der Waals surface area contributed by atoms with Gasteiger partial charge in [-0.15, -0.1) is 0 Å². The van der Waals surface area contributed by atoms with Crippen LogP contribution in [-0.2, 0) is 6.42 Å². The molecule has 0 saturated heterocycles. The zero-order chi connectivity index (χ0) is 15.3. The largest absolute Gasteiger partial charge is 0.271 e. The molecule has 0 aliphatic carbocycles. The molecule has 1 unspecified atom stereocenters. The number of hydrogen-bond donors (Lipinski definition) is 2. The van der Waals surface area contributed by atoms with Gasteiger partial charge < -0.3 is 0 Å². The van der Waals surface area contributed by atoms with Gasteiger partial charge >= 0.3 is 0 Å². The monoisotopic (exact) mass is 290 g/mol. The van der Waals surface area contributed by atoms with Crippen LogP contribution in [0.4, 0.5) is 0 Å². The number of nitrogens with one attached hydrogen (secondary N) is 1. The third-order valence-corrected chi connectivity index (χ3v) is 4.24. The van der Waals surface area contributed by atoms with Gasteiger partial charge in [-0.1, -0.05) is 88.1 Å². The maximum Gasteiger partial charge on any atom is 0.0250 e. The Morgan fingerprint density at radius 3 is 2.05 bits per heavy atom. The topological polar surface area (TPSA) is 38.0 Å². The van der Waals surface area contributed by atoms with Crippen LogP contribution in [0.2, 0.25) is 0 Å². The van der Waals surface area contributed by atoms with Gasteiger partial charge in [0.1, 0.15) is 0 Å². The molecule has 0 fully saturated rings. The van der Waals surface area contributed by atoms with Gasteiger partial charge in [0.2, 0.25) is 0 Å². The molecule has 1 rings (SSSR count). The standard InChI is InChI=1S/C19H34N2/c1-3-4-5-6-7-8-9-10-11-19(21-20)16-18-14-12-17(2)13-15-18/h12-15,19,21H,3-11,16,20H2,1-2H3. The number of hydrazine groups is 1. The van der Waals surface area contributed by atoms with Crippen LogP contribution in [0.1, 0.15) is 75.8 Å². The zero-order valence-electron chi connectivity index (χ0n) is 14.0. The summed E-state index contributed by atoms with van der Waals surface area (Å²) >= 11 is 0. The number of benzene rings is 1. The molecule has 0 aliphatic rings. The molecule has 120 valence electrons. The first-order chi connectivity index (χ1) is 10.3. The first kappa shape index (κ1) is 18.2. The zero-order valence-corrected chi connectivity index (χ0v) is 14.0. The van der Waals surface area contributed by atoms with Crippen molar-refractivity contribution in [3.8, 4) is 0 Å². The molecule has 0 bridgehead atoms. The van der Waals surface area contributed by atoms with Crippen molar-refractivity contribution in [3.05, 3.63) is 35.4 Å². The van der Waals surface area contributed by atoms with E-state index in [4.69, 9.17) is 5.84 Å². The van der Waals surface area contributed by atoms with E-state index < -0.39 is 0 Å². The minimum atomic E-state index is 0.410. The van der Waals surface area contributed by atoms with Gasteiger partial charge in [0.15, 0.2) is 0 Å². The normalized spacial score (nSPS) is 12.5. The van der Waals surface area contributed by atoms with Gasteiger partial charge in [0, 0.05) is 6.04 Å². The summed E-state index contributed by atoms with van der Waals surface area (Å²) in [5, 5.41) is 0. The summed E-state index contributed by atoms with van der Waals surface area (Å²) in [4.78, 5) is 0. The summed E-state index contributed by atoms with van der Waals surface area (Å²) in [5.41, 5.74) is 5.68. The van der Waals surface area contributed by atoms with Crippen LogP contribution in [0.25, 0.3) is 0 Å². The molecule has 2 nitrogen and oxygen atoms in total. The predicted octanol–water partition coefficient (Wildman–Crippen LogP) is 4.90. The number of hydrogen-bond acceptors (Lipinski definition) is 2. The van der Waals surface area contributed by atoms with Gasteiger partial charge in [-0.05, 0) is 25.3 Å². The van der Waals surface area contributed by atoms with Gasteiger partial charge in [-0.3, -0.25) is 11.3 Å². The van der Waals surface area contributed by atoms with Crippen LogP contribution in [0.5, 0.6) is 0 Å². The van der Waals surface area contributed by atoms with Gasteiger partial charge in [-0.2, -0.15) is 0 Å². The van der Waals surface area contributed by atoms with Gasteiger partial charge in [-0.25, -0.2) is 0 Å². The molecule has 0 radical (unpaired) electrons. The smallest absolute Gasteiger partial charge is 0.0250 e. The molecule has 2 heteroatoms. The highest BCUT2D eigenvalue weighted by Gasteiger charge is 2.07. The Morgan fingerprint density at radius 2 is 1.48 bits per heavy atom. The Bertz CT molecular complexity index is 345. The van der Waals surface area contributed by atoms with Crippen molar-refractivity contribution >= 4 is 0 Å². The van der Waals surface area contributed by atoms with Crippen molar-refractivity contribution in [1.29, 1.82) is 0 Å². The summed E-state index contributed by atoms with van der Waals surface area (Å²) in [6.45, 7) is 4.40. The van der Waals surface area contributed by atoms with E-state index in [0.717, 1.165) is 6.42 Å². The van der Waals surface area contributed by atoms with E-state index in [1.165, 1.54) is 68.9 Å². The van der Waals surface area contributed by atoms with Crippen LogP contribution in [0.15, 0.2) is 24.3 Å². The average molecular weight is 290 g/mol. The Hall–Kier alpha value is -0.860. The fourth-order valence-electron chi connectivity index (χ4n) is 2.78. The Balaban J connectivity index is 2.09. The van der Waals surface area contributed by atoms with Crippen molar-refractivity contribution in [2.45, 2.75) is 84.1 Å². The van der Waals surface area contributed by atoms with Gasteiger partial charge in [0.05, 0.1) is 0 Å². The Kier molecular flexibility index (Phi) is 10.2. The highest BCUT2D eigenvalue weighted by Crippen LogP contribution is 2.13. The van der Waals surface area contributed by atoms with Crippen LogP contribution < -0.4 is 11.3 Å². The lowest BCUT2D eigenvalue weighted by atomic mass is 9.99.